The molecule has 0 radical (unpaired) electrons. The van der Waals surface area contributed by atoms with Gasteiger partial charge >= 0.3 is 0 Å². The molecule has 4 rings (SSSR count). The van der Waals surface area contributed by atoms with E-state index >= 15 is 0 Å². The molecule has 1 heterocycles. The zero-order valence-corrected chi connectivity index (χ0v) is 18.6. The fraction of sp³-hybridized carbons (Fsp3) is 0.360. The Morgan fingerprint density at radius 1 is 0.833 bits per heavy atom. The maximum absolute atomic E-state index is 4.51. The van der Waals surface area contributed by atoms with Crippen LogP contribution in [0.1, 0.15) is 33.1 Å². The summed E-state index contributed by atoms with van der Waals surface area (Å²) in [6.45, 7) is 6.74. The van der Waals surface area contributed by atoms with E-state index in [1.54, 1.807) is 0 Å². The highest BCUT2D eigenvalue weighted by atomic mass is 35.5. The second-order valence-electron chi connectivity index (χ2n) is 8.01. The van der Waals surface area contributed by atoms with E-state index in [4.69, 9.17) is 0 Å². The molecule has 0 spiro atoms. The minimum Gasteiger partial charge on any atom is -0.383 e. The first-order chi connectivity index (χ1) is 14.2. The van der Waals surface area contributed by atoms with Crippen LogP contribution >= 0.6 is 12.4 Å². The van der Waals surface area contributed by atoms with Gasteiger partial charge in [0.15, 0.2) is 0 Å². The van der Waals surface area contributed by atoms with Crippen molar-refractivity contribution in [3.63, 3.8) is 0 Å². The van der Waals surface area contributed by atoms with E-state index in [0.29, 0.717) is 12.1 Å². The lowest BCUT2D eigenvalue weighted by Crippen LogP contribution is -2.45. The van der Waals surface area contributed by atoms with Crippen LogP contribution in [0.15, 0.2) is 77.0 Å². The molecule has 5 heteroatoms. The molecule has 0 aromatic heterocycles. The highest BCUT2D eigenvalue weighted by Gasteiger charge is 2.23. The molecule has 0 saturated carbocycles. The second-order valence-corrected chi connectivity index (χ2v) is 8.01. The van der Waals surface area contributed by atoms with Crippen LogP contribution in [0, 0.1) is 0 Å². The predicted molar refractivity (Wildman–Crippen MR) is 130 cm³/mol. The molecule has 1 aliphatic heterocycles. The number of benzene rings is 3. The second kappa shape index (κ2) is 10.6. The van der Waals surface area contributed by atoms with E-state index in [0.717, 1.165) is 35.5 Å². The van der Waals surface area contributed by atoms with Crippen LogP contribution < -0.4 is 5.32 Å². The Morgan fingerprint density at radius 3 is 2.23 bits per heavy atom. The number of likely N-dealkylation sites (tertiary alicyclic amines) is 1. The maximum Gasteiger partial charge on any atom is 0.0936 e. The van der Waals surface area contributed by atoms with Gasteiger partial charge in [0.25, 0.3) is 0 Å². The first kappa shape index (κ1) is 22.3. The molecule has 1 saturated heterocycles. The number of azo groups is 1. The smallest absolute Gasteiger partial charge is 0.0936 e. The Kier molecular flexibility index (Phi) is 7.83. The third-order valence-corrected chi connectivity index (χ3v) is 5.99. The molecule has 158 valence electrons. The zero-order chi connectivity index (χ0) is 20.1. The van der Waals surface area contributed by atoms with Gasteiger partial charge in [0, 0.05) is 41.6 Å². The van der Waals surface area contributed by atoms with Crippen molar-refractivity contribution in [2.45, 2.75) is 45.2 Å². The Hall–Kier alpha value is -2.43. The van der Waals surface area contributed by atoms with Crippen LogP contribution in [0.25, 0.3) is 10.8 Å². The fourth-order valence-electron chi connectivity index (χ4n) is 4.37. The third kappa shape index (κ3) is 5.18. The number of nitrogens with one attached hydrogen (secondary N) is 1. The minimum absolute atomic E-state index is 0. The zero-order valence-electron chi connectivity index (χ0n) is 17.8. The minimum atomic E-state index is 0. The molecule has 0 aliphatic carbocycles. The Morgan fingerprint density at radius 2 is 1.50 bits per heavy atom. The van der Waals surface area contributed by atoms with E-state index in [-0.39, 0.29) is 12.4 Å². The molecule has 30 heavy (non-hydrogen) atoms. The van der Waals surface area contributed by atoms with Gasteiger partial charge in [-0.15, -0.1) is 17.5 Å². The van der Waals surface area contributed by atoms with Gasteiger partial charge in [-0.2, -0.15) is 5.11 Å². The van der Waals surface area contributed by atoms with Crippen LogP contribution in [0.2, 0.25) is 0 Å². The number of fused-ring (bicyclic) bond motifs is 1. The van der Waals surface area contributed by atoms with Gasteiger partial charge in [-0.05, 0) is 51.0 Å². The summed E-state index contributed by atoms with van der Waals surface area (Å²) in [5.41, 5.74) is 2.92. The van der Waals surface area contributed by atoms with E-state index in [1.807, 2.05) is 30.3 Å². The summed E-state index contributed by atoms with van der Waals surface area (Å²) in [6, 6.07) is 23.8. The summed E-state index contributed by atoms with van der Waals surface area (Å²) in [5, 5.41) is 14.9. The summed E-state index contributed by atoms with van der Waals surface area (Å²) < 4.78 is 0. The quantitative estimate of drug-likeness (QED) is 0.421. The van der Waals surface area contributed by atoms with Gasteiger partial charge in [0.1, 0.15) is 0 Å². The molecule has 3 aromatic carbocycles. The van der Waals surface area contributed by atoms with Crippen molar-refractivity contribution < 1.29 is 0 Å². The van der Waals surface area contributed by atoms with Crippen LogP contribution in [-0.2, 0) is 0 Å². The molecule has 1 aliphatic rings. The van der Waals surface area contributed by atoms with Crippen LogP contribution in [0.5, 0.6) is 0 Å². The molecule has 2 atom stereocenters. The lowest BCUT2D eigenvalue weighted by Gasteiger charge is -2.39. The highest BCUT2D eigenvalue weighted by molar-refractivity contribution is 6.00. The first-order valence-corrected chi connectivity index (χ1v) is 10.7. The summed E-state index contributed by atoms with van der Waals surface area (Å²) >= 11 is 0. The predicted octanol–water partition coefficient (Wildman–Crippen LogP) is 7.35. The molecular formula is C25H31ClN4. The SMILES string of the molecule is CC1CCCC(C)N1CCNc1ccc(N=Nc2ccccc2)c2ccccc12.Cl. The van der Waals surface area contributed by atoms with Gasteiger partial charge in [-0.1, -0.05) is 48.9 Å². The van der Waals surface area contributed by atoms with Crippen molar-refractivity contribution in [3.8, 4) is 0 Å². The Balaban J connectivity index is 0.00000256. The number of rotatable bonds is 6. The van der Waals surface area contributed by atoms with E-state index in [2.05, 4.69) is 70.7 Å². The number of hydrogen-bond acceptors (Lipinski definition) is 4. The van der Waals surface area contributed by atoms with E-state index in [9.17, 15) is 0 Å². The van der Waals surface area contributed by atoms with Crippen molar-refractivity contribution in [1.29, 1.82) is 0 Å². The molecule has 4 nitrogen and oxygen atoms in total. The average molecular weight is 423 g/mol. The normalized spacial score (nSPS) is 19.7. The largest absolute Gasteiger partial charge is 0.383 e. The molecular weight excluding hydrogens is 392 g/mol. The van der Waals surface area contributed by atoms with Crippen LogP contribution in [-0.4, -0.2) is 30.1 Å². The van der Waals surface area contributed by atoms with Gasteiger partial charge in [0.05, 0.1) is 11.4 Å². The first-order valence-electron chi connectivity index (χ1n) is 10.7. The summed E-state index contributed by atoms with van der Waals surface area (Å²) in [7, 11) is 0. The molecule has 0 amide bonds. The van der Waals surface area contributed by atoms with Gasteiger partial charge in [0.2, 0.25) is 0 Å². The van der Waals surface area contributed by atoms with Crippen LogP contribution in [0.3, 0.4) is 0 Å². The van der Waals surface area contributed by atoms with Gasteiger partial charge in [-0.25, -0.2) is 0 Å². The van der Waals surface area contributed by atoms with Crippen molar-refractivity contribution in [2.75, 3.05) is 18.4 Å². The van der Waals surface area contributed by atoms with Crippen molar-refractivity contribution in [2.24, 2.45) is 10.2 Å². The summed E-state index contributed by atoms with van der Waals surface area (Å²) in [5.74, 6) is 0. The molecule has 0 bridgehead atoms. The number of anilines is 1. The molecule has 1 N–H and O–H groups in total. The topological polar surface area (TPSA) is 40.0 Å². The highest BCUT2D eigenvalue weighted by Crippen LogP contribution is 2.33. The maximum atomic E-state index is 4.51. The van der Waals surface area contributed by atoms with Crippen LogP contribution in [0.4, 0.5) is 17.1 Å². The van der Waals surface area contributed by atoms with Crippen molar-refractivity contribution in [1.82, 2.24) is 4.90 Å². The average Bonchev–Trinajstić information content (AvgIpc) is 2.75. The third-order valence-electron chi connectivity index (χ3n) is 5.99. The van der Waals surface area contributed by atoms with Gasteiger partial charge in [-0.3, -0.25) is 4.90 Å². The number of piperidine rings is 1. The molecule has 1 fully saturated rings. The van der Waals surface area contributed by atoms with Gasteiger partial charge < -0.3 is 5.32 Å². The lowest BCUT2D eigenvalue weighted by molar-refractivity contribution is 0.109. The summed E-state index contributed by atoms with van der Waals surface area (Å²) in [6.07, 6.45) is 3.98. The van der Waals surface area contributed by atoms with E-state index < -0.39 is 0 Å². The molecule has 2 unspecified atom stereocenters. The fourth-order valence-corrected chi connectivity index (χ4v) is 4.37. The lowest BCUT2D eigenvalue weighted by atomic mass is 9.98. The Labute approximate surface area is 185 Å². The van der Waals surface area contributed by atoms with Crippen molar-refractivity contribution >= 4 is 40.2 Å². The Bertz CT molecular complexity index is 963. The molecule has 3 aromatic rings. The van der Waals surface area contributed by atoms with E-state index in [1.165, 1.54) is 24.6 Å². The number of hydrogen-bond donors (Lipinski definition) is 1. The standard InChI is InChI=1S/C25H30N4.ClH/c1-19-9-8-10-20(2)29(19)18-17-26-24-15-16-25(23-14-7-6-13-22(23)24)28-27-21-11-4-3-5-12-21;/h3-7,11-16,19-20,26H,8-10,17-18H2,1-2H3;1H. The number of nitrogens with zero attached hydrogens (tertiary/aromatic N) is 3. The summed E-state index contributed by atoms with van der Waals surface area (Å²) in [4.78, 5) is 2.64. The number of halogens is 1. The monoisotopic (exact) mass is 422 g/mol. The van der Waals surface area contributed by atoms with Crippen molar-refractivity contribution in [3.05, 3.63) is 66.7 Å².